The molecular weight excluding hydrogens is 482 g/mol. The van der Waals surface area contributed by atoms with E-state index in [0.29, 0.717) is 0 Å². The zero-order chi connectivity index (χ0) is 27.2. The van der Waals surface area contributed by atoms with Gasteiger partial charge in [0.05, 0.1) is 11.0 Å². The maximum Gasteiger partial charge on any atom is 0.0541 e. The van der Waals surface area contributed by atoms with E-state index in [-0.39, 0.29) is 0 Å². The van der Waals surface area contributed by atoms with Crippen molar-refractivity contribution in [1.29, 1.82) is 0 Å². The summed E-state index contributed by atoms with van der Waals surface area (Å²) in [6.45, 7) is 10.6. The van der Waals surface area contributed by atoms with Crippen LogP contribution in [0.25, 0.3) is 72.7 Å². The third-order valence-electron chi connectivity index (χ3n) is 8.04. The molecule has 0 saturated carbocycles. The first-order valence-corrected chi connectivity index (χ1v) is 13.7. The predicted molar refractivity (Wildman–Crippen MR) is 174 cm³/mol. The standard InChI is InChI=1S/C39H29N/c1-4-30-31(5-2)39(35-15-7-6-14-34(35)38(30)27-20-18-26(3)19-21-27)28-22-24-29(25-23-28)40-36-16-10-8-12-32(36)33-13-9-11-17-37(33)40/h4-25H,1-2H2,3H3. The van der Waals surface area contributed by atoms with Gasteiger partial charge in [-0.15, -0.1) is 0 Å². The van der Waals surface area contributed by atoms with E-state index in [1.54, 1.807) is 0 Å². The number of nitrogens with zero attached hydrogens (tertiary/aromatic N) is 1. The average Bonchev–Trinajstić information content (AvgIpc) is 3.35. The Bertz CT molecular complexity index is 2020. The van der Waals surface area contributed by atoms with E-state index in [9.17, 15) is 0 Å². The lowest BCUT2D eigenvalue weighted by molar-refractivity contribution is 1.18. The van der Waals surface area contributed by atoms with Gasteiger partial charge in [-0.1, -0.05) is 128 Å². The monoisotopic (exact) mass is 511 g/mol. The summed E-state index contributed by atoms with van der Waals surface area (Å²) in [7, 11) is 0. The van der Waals surface area contributed by atoms with Crippen LogP contribution in [0.3, 0.4) is 0 Å². The van der Waals surface area contributed by atoms with E-state index in [1.165, 1.54) is 54.8 Å². The van der Waals surface area contributed by atoms with Crippen molar-refractivity contribution in [3.63, 3.8) is 0 Å². The summed E-state index contributed by atoms with van der Waals surface area (Å²) < 4.78 is 2.36. The smallest absolute Gasteiger partial charge is 0.0541 e. The minimum atomic E-state index is 1.11. The molecule has 0 saturated heterocycles. The highest BCUT2D eigenvalue weighted by molar-refractivity contribution is 6.12. The van der Waals surface area contributed by atoms with Gasteiger partial charge in [-0.25, -0.2) is 0 Å². The fraction of sp³-hybridized carbons (Fsp3) is 0.0256. The number of aryl methyl sites for hydroxylation is 1. The second-order valence-corrected chi connectivity index (χ2v) is 10.3. The Morgan fingerprint density at radius 3 is 1.32 bits per heavy atom. The molecule has 1 heterocycles. The van der Waals surface area contributed by atoms with Crippen LogP contribution in [-0.2, 0) is 0 Å². The molecule has 190 valence electrons. The van der Waals surface area contributed by atoms with E-state index < -0.39 is 0 Å². The molecule has 1 nitrogen and oxygen atoms in total. The molecule has 0 bridgehead atoms. The third-order valence-corrected chi connectivity index (χ3v) is 8.04. The van der Waals surface area contributed by atoms with E-state index >= 15 is 0 Å². The van der Waals surface area contributed by atoms with Crippen LogP contribution in [0.2, 0.25) is 0 Å². The molecule has 6 aromatic carbocycles. The Balaban J connectivity index is 1.46. The van der Waals surface area contributed by atoms with Crippen molar-refractivity contribution in [3.8, 4) is 27.9 Å². The first kappa shape index (κ1) is 23.9. The number of benzene rings is 6. The van der Waals surface area contributed by atoms with Gasteiger partial charge in [0.1, 0.15) is 0 Å². The zero-order valence-corrected chi connectivity index (χ0v) is 22.6. The van der Waals surface area contributed by atoms with E-state index in [4.69, 9.17) is 0 Å². The summed E-state index contributed by atoms with van der Waals surface area (Å²) in [6.07, 6.45) is 3.96. The third kappa shape index (κ3) is 3.63. The quantitative estimate of drug-likeness (QED) is 0.217. The van der Waals surface area contributed by atoms with Gasteiger partial charge in [-0.2, -0.15) is 0 Å². The largest absolute Gasteiger partial charge is 0.309 e. The highest BCUT2D eigenvalue weighted by Crippen LogP contribution is 2.43. The Morgan fingerprint density at radius 1 is 0.475 bits per heavy atom. The number of para-hydroxylation sites is 2. The number of fused-ring (bicyclic) bond motifs is 4. The summed E-state index contributed by atoms with van der Waals surface area (Å²) >= 11 is 0. The van der Waals surface area contributed by atoms with Gasteiger partial charge in [0.25, 0.3) is 0 Å². The van der Waals surface area contributed by atoms with Crippen LogP contribution in [0, 0.1) is 6.92 Å². The van der Waals surface area contributed by atoms with Gasteiger partial charge in [0, 0.05) is 16.5 Å². The van der Waals surface area contributed by atoms with Crippen LogP contribution in [-0.4, -0.2) is 4.57 Å². The van der Waals surface area contributed by atoms with Gasteiger partial charge in [-0.3, -0.25) is 0 Å². The van der Waals surface area contributed by atoms with Crippen LogP contribution in [0.4, 0.5) is 0 Å². The molecule has 40 heavy (non-hydrogen) atoms. The first-order valence-electron chi connectivity index (χ1n) is 13.7. The molecule has 7 rings (SSSR count). The van der Waals surface area contributed by atoms with Crippen molar-refractivity contribution in [2.45, 2.75) is 6.92 Å². The molecule has 0 fully saturated rings. The molecule has 0 unspecified atom stereocenters. The van der Waals surface area contributed by atoms with E-state index in [0.717, 1.165) is 22.4 Å². The molecule has 0 amide bonds. The maximum absolute atomic E-state index is 4.26. The van der Waals surface area contributed by atoms with Crippen molar-refractivity contribution in [2.24, 2.45) is 0 Å². The second kappa shape index (κ2) is 9.55. The average molecular weight is 512 g/mol. The van der Waals surface area contributed by atoms with Crippen molar-refractivity contribution >= 4 is 44.7 Å². The highest BCUT2D eigenvalue weighted by atomic mass is 15.0. The minimum Gasteiger partial charge on any atom is -0.309 e. The molecule has 0 spiro atoms. The van der Waals surface area contributed by atoms with Gasteiger partial charge < -0.3 is 4.57 Å². The van der Waals surface area contributed by atoms with Crippen molar-refractivity contribution < 1.29 is 0 Å². The predicted octanol–water partition coefficient (Wildman–Crippen LogP) is 10.9. The van der Waals surface area contributed by atoms with Crippen molar-refractivity contribution in [1.82, 2.24) is 4.57 Å². The molecule has 0 aliphatic rings. The van der Waals surface area contributed by atoms with Crippen molar-refractivity contribution in [3.05, 3.63) is 151 Å². The van der Waals surface area contributed by atoms with Crippen LogP contribution in [0.1, 0.15) is 16.7 Å². The van der Waals surface area contributed by atoms with Gasteiger partial charge in [0.15, 0.2) is 0 Å². The molecule has 1 heteroatoms. The summed E-state index contributed by atoms with van der Waals surface area (Å²) in [4.78, 5) is 0. The molecule has 7 aromatic rings. The fourth-order valence-corrected chi connectivity index (χ4v) is 6.22. The van der Waals surface area contributed by atoms with Crippen LogP contribution >= 0.6 is 0 Å². The number of rotatable bonds is 5. The first-order chi connectivity index (χ1) is 19.7. The Kier molecular flexibility index (Phi) is 5.72. The molecular formula is C39H29N. The van der Waals surface area contributed by atoms with Gasteiger partial charge in [-0.05, 0) is 75.3 Å². The molecule has 0 atom stereocenters. The molecule has 0 N–H and O–H groups in total. The van der Waals surface area contributed by atoms with E-state index in [1.807, 2.05) is 12.2 Å². The van der Waals surface area contributed by atoms with Crippen molar-refractivity contribution in [2.75, 3.05) is 0 Å². The van der Waals surface area contributed by atoms with Crippen LogP contribution < -0.4 is 0 Å². The van der Waals surface area contributed by atoms with Crippen LogP contribution in [0.15, 0.2) is 134 Å². The Labute approximate surface area is 235 Å². The minimum absolute atomic E-state index is 1.11. The summed E-state index contributed by atoms with van der Waals surface area (Å²) in [6, 6.07) is 43.7. The molecule has 1 aromatic heterocycles. The van der Waals surface area contributed by atoms with Gasteiger partial charge >= 0.3 is 0 Å². The molecule has 0 aliphatic carbocycles. The molecule has 0 aliphatic heterocycles. The van der Waals surface area contributed by atoms with Crippen LogP contribution in [0.5, 0.6) is 0 Å². The fourth-order valence-electron chi connectivity index (χ4n) is 6.22. The zero-order valence-electron chi connectivity index (χ0n) is 22.6. The summed E-state index contributed by atoms with van der Waals surface area (Å²) in [5.41, 5.74) is 11.8. The second-order valence-electron chi connectivity index (χ2n) is 10.3. The highest BCUT2D eigenvalue weighted by Gasteiger charge is 2.19. The number of hydrogen-bond donors (Lipinski definition) is 0. The number of hydrogen-bond acceptors (Lipinski definition) is 0. The SMILES string of the molecule is C=Cc1c(C=C)c(-c2ccc(-n3c4ccccc4c4ccccc43)cc2)c2ccccc2c1-c1ccc(C)cc1. The lowest BCUT2D eigenvalue weighted by atomic mass is 9.83. The Morgan fingerprint density at radius 2 is 0.875 bits per heavy atom. The van der Waals surface area contributed by atoms with Gasteiger partial charge in [0.2, 0.25) is 0 Å². The topological polar surface area (TPSA) is 4.93 Å². The van der Waals surface area contributed by atoms with E-state index in [2.05, 4.69) is 146 Å². The lowest BCUT2D eigenvalue weighted by Gasteiger charge is -2.20. The summed E-state index contributed by atoms with van der Waals surface area (Å²) in [5.74, 6) is 0. The normalized spacial score (nSPS) is 11.3. The lowest BCUT2D eigenvalue weighted by Crippen LogP contribution is -1.97. The maximum atomic E-state index is 4.26. The molecule has 0 radical (unpaired) electrons. The number of aromatic nitrogens is 1. The Hall–Kier alpha value is -5.14. The summed E-state index contributed by atoms with van der Waals surface area (Å²) in [5, 5.41) is 4.96.